The van der Waals surface area contributed by atoms with E-state index in [0.717, 1.165) is 0 Å². The number of hydrogen-bond donors (Lipinski definition) is 0. The van der Waals surface area contributed by atoms with E-state index in [0.29, 0.717) is 0 Å². The normalized spacial score (nSPS) is 16.8. The molecule has 0 aromatic carbocycles. The molecule has 0 amide bonds. The van der Waals surface area contributed by atoms with E-state index in [-0.39, 0.29) is 0 Å². The van der Waals surface area contributed by atoms with Crippen molar-refractivity contribution in [1.82, 2.24) is 5.34 Å². The topological polar surface area (TPSA) is 6.25 Å². The molecule has 0 aromatic heterocycles. The minimum absolute atomic E-state index is 2.65. The van der Waals surface area contributed by atoms with Crippen LogP contribution in [0.4, 0.5) is 110 Å². The Morgan fingerprint density at radius 1 is 0.436 bits per heavy atom. The summed E-state index contributed by atoms with van der Waals surface area (Å²) in [4.78, 5) is -3.93. The first-order valence-corrected chi connectivity index (χ1v) is 8.47. The van der Waals surface area contributed by atoms with E-state index in [1.165, 1.54) is 0 Å². The van der Waals surface area contributed by atoms with E-state index in [4.69, 9.17) is 0 Å². The number of nitrogens with zero attached hydrogens (tertiary/aromatic N) is 2. The van der Waals surface area contributed by atoms with Crippen molar-refractivity contribution in [2.45, 2.75) is 59.6 Å². The molecule has 0 atom stereocenters. The molecule has 0 unspecified atom stereocenters. The maximum atomic E-state index is 13.5. The molecule has 39 heavy (non-hydrogen) atoms. The first-order valence-electron chi connectivity index (χ1n) is 7.75. The van der Waals surface area contributed by atoms with Gasteiger partial charge in [-0.25, -0.2) is 0 Å². The van der Waals surface area contributed by atoms with Crippen LogP contribution in [0.3, 0.4) is 0 Å². The molecule has 28 heteroatoms. The average molecular weight is 667 g/mol. The van der Waals surface area contributed by atoms with Gasteiger partial charge in [-0.1, -0.05) is 0 Å². The summed E-state index contributed by atoms with van der Waals surface area (Å²) in [5, 5.41) is -7.27. The van der Waals surface area contributed by atoms with Crippen LogP contribution in [0.2, 0.25) is 0 Å². The predicted molar refractivity (Wildman–Crippen MR) is 69.7 cm³/mol. The monoisotopic (exact) mass is 667 g/mol. The molecule has 0 aliphatic rings. The highest BCUT2D eigenvalue weighted by molar-refractivity contribution is 8.09. The van der Waals surface area contributed by atoms with Crippen LogP contribution < -0.4 is 0 Å². The van der Waals surface area contributed by atoms with Crippen LogP contribution >= 0.6 is 12.1 Å². The minimum Gasteiger partial charge on any atom is -0.192 e. The summed E-state index contributed by atoms with van der Waals surface area (Å²) < 4.78 is 324. The molecule has 234 valence electrons. The standard InChI is InChI=1S/C11F25N2S/c12-2(13,4(16,17)6(20,21)8(24,25)10(28,29)30)3(14,15)5(18,19)7(22,23)9(26,27)11(31,32)37(33)1(39-36)38(34)35/q+1. The van der Waals surface area contributed by atoms with Gasteiger partial charge < -0.3 is 0 Å². The Balaban J connectivity index is 7.31. The highest BCUT2D eigenvalue weighted by Crippen LogP contribution is 2.66. The molecule has 0 rings (SSSR count). The van der Waals surface area contributed by atoms with Crippen molar-refractivity contribution in [2.24, 2.45) is 0 Å². The summed E-state index contributed by atoms with van der Waals surface area (Å²) in [5.74, 6) is -73.5. The van der Waals surface area contributed by atoms with Crippen molar-refractivity contribution in [2.75, 3.05) is 0 Å². The number of rotatable bonds is 9. The molecular weight excluding hydrogens is 667 g/mol. The summed E-state index contributed by atoms with van der Waals surface area (Å²) in [6.45, 7) is 0. The first-order chi connectivity index (χ1) is 16.6. The number of halogens is 25. The molecule has 0 fully saturated rings. The Morgan fingerprint density at radius 3 is 0.872 bits per heavy atom. The van der Waals surface area contributed by atoms with Crippen LogP contribution in [0.1, 0.15) is 0 Å². The van der Waals surface area contributed by atoms with Gasteiger partial charge in [0.05, 0.1) is 0 Å². The molecule has 0 aliphatic heterocycles. The largest absolute Gasteiger partial charge is 0.499 e. The highest BCUT2D eigenvalue weighted by atomic mass is 32.2. The summed E-state index contributed by atoms with van der Waals surface area (Å²) in [7, 11) is 0. The van der Waals surface area contributed by atoms with E-state index in [9.17, 15) is 110 Å². The van der Waals surface area contributed by atoms with Gasteiger partial charge in [0.2, 0.25) is 0 Å². The summed E-state index contributed by atoms with van der Waals surface area (Å²) >= 11 is -2.65. The molecule has 0 bridgehead atoms. The molecule has 2 nitrogen and oxygen atoms in total. The van der Waals surface area contributed by atoms with E-state index < -0.39 is 87.1 Å². The lowest BCUT2D eigenvalue weighted by molar-refractivity contribution is -0.837. The lowest BCUT2D eigenvalue weighted by Gasteiger charge is -2.43. The predicted octanol–water partition coefficient (Wildman–Crippen LogP) is 8.17. The van der Waals surface area contributed by atoms with Gasteiger partial charge in [0.25, 0.3) is 0 Å². The van der Waals surface area contributed by atoms with E-state index in [1.807, 2.05) is 0 Å². The number of amidine groups is 1. The van der Waals surface area contributed by atoms with E-state index in [1.54, 1.807) is 0 Å². The zero-order chi connectivity index (χ0) is 32.4. The quantitative estimate of drug-likeness (QED) is 0.0806. The minimum atomic E-state index is -9.49. The van der Waals surface area contributed by atoms with Crippen LogP contribution in [-0.4, -0.2) is 74.9 Å². The summed E-state index contributed by atoms with van der Waals surface area (Å²) in [6, 6.07) is -8.22. The Hall–Kier alpha value is -1.93. The van der Waals surface area contributed by atoms with Gasteiger partial charge in [0.15, 0.2) is 12.1 Å². The van der Waals surface area contributed by atoms with Crippen molar-refractivity contribution >= 4 is 17.3 Å². The van der Waals surface area contributed by atoms with E-state index >= 15 is 0 Å². The van der Waals surface area contributed by atoms with Crippen molar-refractivity contribution < 1.29 is 114 Å². The highest BCUT2D eigenvalue weighted by Gasteiger charge is 2.98. The summed E-state index contributed by atoms with van der Waals surface area (Å²) in [6.07, 6.45) is -8.14. The lowest BCUT2D eigenvalue weighted by atomic mass is 9.87. The van der Waals surface area contributed by atoms with Gasteiger partial charge in [-0.15, -0.1) is 0 Å². The first kappa shape index (κ1) is 37.1. The second-order valence-electron chi connectivity index (χ2n) is 6.51. The zero-order valence-corrected chi connectivity index (χ0v) is 17.1. The molecule has 0 saturated heterocycles. The van der Waals surface area contributed by atoms with Crippen molar-refractivity contribution in [3.8, 4) is 0 Å². The third-order valence-electron chi connectivity index (χ3n) is 4.12. The van der Waals surface area contributed by atoms with Crippen molar-refractivity contribution in [1.29, 1.82) is 0 Å². The molecule has 0 aliphatic carbocycles. The molecule has 0 spiro atoms. The summed E-state index contributed by atoms with van der Waals surface area (Å²) in [5.41, 5.74) is 0. The van der Waals surface area contributed by atoms with Crippen LogP contribution in [0.5, 0.6) is 0 Å². The van der Waals surface area contributed by atoms with Gasteiger partial charge in [-0.3, -0.25) is 0 Å². The Kier molecular flexibility index (Phi) is 9.10. The van der Waals surface area contributed by atoms with Gasteiger partial charge in [-0.2, -0.15) is 96.1 Å². The second kappa shape index (κ2) is 9.57. The maximum absolute atomic E-state index is 13.5. The van der Waals surface area contributed by atoms with Crippen LogP contribution in [0.15, 0.2) is 0 Å². The molecular formula is C11F25N2S+. The molecule has 0 N–H and O–H groups in total. The Morgan fingerprint density at radius 2 is 0.667 bits per heavy atom. The molecule has 0 radical (unpaired) electrons. The molecule has 0 saturated carbocycles. The van der Waals surface area contributed by atoms with Crippen LogP contribution in [0, 0.1) is 0 Å². The molecule has 0 heterocycles. The van der Waals surface area contributed by atoms with Gasteiger partial charge in [0.1, 0.15) is 5.34 Å². The maximum Gasteiger partial charge on any atom is 0.499 e. The van der Waals surface area contributed by atoms with Crippen LogP contribution in [-0.2, 0) is 0 Å². The third kappa shape index (κ3) is 4.63. The number of hydrogen-bond acceptors (Lipinski definition) is 1. The Labute approximate surface area is 198 Å². The van der Waals surface area contributed by atoms with Gasteiger partial charge >= 0.3 is 64.8 Å². The lowest BCUT2D eigenvalue weighted by Crippen LogP contribution is -2.77. The van der Waals surface area contributed by atoms with Crippen LogP contribution in [0.25, 0.3) is 0 Å². The fourth-order valence-electron chi connectivity index (χ4n) is 1.92. The second-order valence-corrected chi connectivity index (χ2v) is 7.03. The van der Waals surface area contributed by atoms with Gasteiger partial charge in [0, 0.05) is 18.2 Å². The smallest absolute Gasteiger partial charge is 0.192 e. The SMILES string of the molecule is FSC(N(F)F)=[N+](F)C(F)(F)C(F)(F)C(F)(F)C(F)(F)C(F)(F)C(F)(F)C(F)(F)C(F)(F)C(F)(F)C(F)(F)F. The average Bonchev–Trinajstić information content (AvgIpc) is 2.71. The van der Waals surface area contributed by atoms with Crippen molar-refractivity contribution in [3.63, 3.8) is 0 Å². The van der Waals surface area contributed by atoms with E-state index in [2.05, 4.69) is 0 Å². The zero-order valence-electron chi connectivity index (χ0n) is 16.3. The third-order valence-corrected chi connectivity index (χ3v) is 4.56. The Bertz CT molecular complexity index is 929. The fraction of sp³-hybridized carbons (Fsp3) is 0.909. The van der Waals surface area contributed by atoms with Crippen molar-refractivity contribution in [3.05, 3.63) is 0 Å². The molecule has 0 aromatic rings. The van der Waals surface area contributed by atoms with Gasteiger partial charge in [-0.05, 0) is 0 Å². The fourth-order valence-corrected chi connectivity index (χ4v) is 2.14. The number of alkyl halides is 21.